The number of benzene rings is 2. The van der Waals surface area contributed by atoms with E-state index < -0.39 is 18.4 Å². The Balaban J connectivity index is 1.48. The van der Waals surface area contributed by atoms with Gasteiger partial charge in [-0.15, -0.1) is 0 Å². The average Bonchev–Trinajstić information content (AvgIpc) is 2.92. The summed E-state index contributed by atoms with van der Waals surface area (Å²) in [5.74, 6) is 7.21. The minimum absolute atomic E-state index is 0.0791. The third-order valence-corrected chi connectivity index (χ3v) is 6.20. The summed E-state index contributed by atoms with van der Waals surface area (Å²) in [4.78, 5) is 40.2. The highest BCUT2D eigenvalue weighted by molar-refractivity contribution is 6.30. The number of urea groups is 2. The molecule has 2 heterocycles. The van der Waals surface area contributed by atoms with E-state index in [2.05, 4.69) is 16.0 Å². The molecule has 2 aliphatic rings. The Morgan fingerprint density at radius 2 is 1.79 bits per heavy atom. The molecule has 0 radical (unpaired) electrons. The van der Waals surface area contributed by atoms with E-state index in [1.165, 1.54) is 4.90 Å². The maximum atomic E-state index is 13.2. The molecule has 0 aromatic heterocycles. The number of carbonyl (C=O) groups excluding carboxylic acids is 3. The zero-order chi connectivity index (χ0) is 27.2. The molecule has 5 N–H and O–H groups in total. The van der Waals surface area contributed by atoms with Gasteiger partial charge in [0.25, 0.3) is 0 Å². The molecule has 0 bridgehead atoms. The number of dihydropyridines is 1. The fourth-order valence-corrected chi connectivity index (χ4v) is 4.05. The molecule has 11 nitrogen and oxygen atoms in total. The second kappa shape index (κ2) is 11.9. The monoisotopic (exact) mass is 539 g/mol. The SMILES string of the molecule is CCC(=O)NC1C=C(Oc2ccc(NC3N(N)C(=O)N(CC)C(=O)N3Cc3ccc(Cl)cc3)cc2)C=CN1. The largest absolute Gasteiger partial charge is 0.458 e. The third kappa shape index (κ3) is 6.18. The lowest BCUT2D eigenvalue weighted by Crippen LogP contribution is -2.70. The first kappa shape index (κ1) is 26.8. The number of carbonyl (C=O) groups is 3. The molecule has 4 rings (SSSR count). The molecular weight excluding hydrogens is 510 g/mol. The lowest BCUT2D eigenvalue weighted by molar-refractivity contribution is -0.121. The van der Waals surface area contributed by atoms with E-state index in [0.29, 0.717) is 28.6 Å². The van der Waals surface area contributed by atoms with E-state index in [-0.39, 0.29) is 25.2 Å². The first-order valence-electron chi connectivity index (χ1n) is 12.2. The van der Waals surface area contributed by atoms with Gasteiger partial charge in [-0.3, -0.25) is 9.69 Å². The van der Waals surface area contributed by atoms with Crippen LogP contribution in [0.5, 0.6) is 5.75 Å². The van der Waals surface area contributed by atoms with Gasteiger partial charge in [0.15, 0.2) is 0 Å². The number of ether oxygens (including phenoxy) is 1. The Hall–Kier alpha value is -4.22. The van der Waals surface area contributed by atoms with Crippen LogP contribution >= 0.6 is 11.6 Å². The molecule has 0 spiro atoms. The summed E-state index contributed by atoms with van der Waals surface area (Å²) in [6, 6.07) is 13.0. The number of rotatable bonds is 9. The maximum absolute atomic E-state index is 13.2. The van der Waals surface area contributed by atoms with Crippen molar-refractivity contribution in [1.82, 2.24) is 25.4 Å². The van der Waals surface area contributed by atoms with Crippen LogP contribution in [0.2, 0.25) is 5.02 Å². The molecule has 2 atom stereocenters. The van der Waals surface area contributed by atoms with Gasteiger partial charge in [0.1, 0.15) is 17.7 Å². The summed E-state index contributed by atoms with van der Waals surface area (Å²) in [6.45, 7) is 3.88. The van der Waals surface area contributed by atoms with Crippen molar-refractivity contribution in [3.05, 3.63) is 83.2 Å². The molecule has 2 aliphatic heterocycles. The van der Waals surface area contributed by atoms with Crippen molar-refractivity contribution in [1.29, 1.82) is 0 Å². The van der Waals surface area contributed by atoms with Gasteiger partial charge in [-0.1, -0.05) is 30.7 Å². The van der Waals surface area contributed by atoms with Crippen molar-refractivity contribution >= 4 is 35.3 Å². The number of hydrazine groups is 1. The van der Waals surface area contributed by atoms with Crippen molar-refractivity contribution < 1.29 is 19.1 Å². The second-order valence-corrected chi connectivity index (χ2v) is 9.02. The third-order valence-electron chi connectivity index (χ3n) is 5.95. The fourth-order valence-electron chi connectivity index (χ4n) is 3.93. The highest BCUT2D eigenvalue weighted by atomic mass is 35.5. The molecule has 38 heavy (non-hydrogen) atoms. The van der Waals surface area contributed by atoms with Crippen LogP contribution in [0.3, 0.4) is 0 Å². The quantitative estimate of drug-likeness (QED) is 0.283. The molecule has 2 aromatic rings. The number of nitrogens with zero attached hydrogens (tertiary/aromatic N) is 3. The van der Waals surface area contributed by atoms with E-state index >= 15 is 0 Å². The fraction of sp³-hybridized carbons (Fsp3) is 0.269. The van der Waals surface area contributed by atoms with Crippen LogP contribution in [0.25, 0.3) is 0 Å². The number of halogens is 1. The van der Waals surface area contributed by atoms with Gasteiger partial charge in [0, 0.05) is 36.0 Å². The molecule has 1 fully saturated rings. The van der Waals surface area contributed by atoms with Gasteiger partial charge >= 0.3 is 12.1 Å². The van der Waals surface area contributed by atoms with E-state index in [0.717, 1.165) is 15.5 Å². The predicted octanol–water partition coefficient (Wildman–Crippen LogP) is 3.52. The number of hydrogen-bond donors (Lipinski definition) is 4. The Morgan fingerprint density at radius 1 is 1.08 bits per heavy atom. The van der Waals surface area contributed by atoms with Gasteiger partial charge in [-0.2, -0.15) is 0 Å². The van der Waals surface area contributed by atoms with Gasteiger partial charge < -0.3 is 20.7 Å². The zero-order valence-electron chi connectivity index (χ0n) is 21.1. The summed E-state index contributed by atoms with van der Waals surface area (Å²) in [5, 5.41) is 10.6. The van der Waals surface area contributed by atoms with Crippen molar-refractivity contribution in [2.45, 2.75) is 39.3 Å². The first-order chi connectivity index (χ1) is 18.3. The van der Waals surface area contributed by atoms with Crippen molar-refractivity contribution in [3.63, 3.8) is 0 Å². The van der Waals surface area contributed by atoms with Gasteiger partial charge in [0.05, 0.1) is 6.54 Å². The molecule has 1 saturated heterocycles. The maximum Gasteiger partial charge on any atom is 0.345 e. The van der Waals surface area contributed by atoms with Crippen LogP contribution in [-0.2, 0) is 11.3 Å². The summed E-state index contributed by atoms with van der Waals surface area (Å²) < 4.78 is 5.92. The van der Waals surface area contributed by atoms with Crippen LogP contribution < -0.4 is 26.5 Å². The van der Waals surface area contributed by atoms with E-state index in [1.807, 2.05) is 12.1 Å². The molecule has 0 saturated carbocycles. The molecule has 12 heteroatoms. The zero-order valence-corrected chi connectivity index (χ0v) is 21.8. The lowest BCUT2D eigenvalue weighted by atomic mass is 10.2. The number of anilines is 1. The Labute approximate surface area is 225 Å². The normalized spacial score (nSPS) is 19.2. The summed E-state index contributed by atoms with van der Waals surface area (Å²) >= 11 is 6.00. The number of nitrogens with two attached hydrogens (primary N) is 1. The molecule has 2 unspecified atom stereocenters. The van der Waals surface area contributed by atoms with Crippen LogP contribution in [0, 0.1) is 0 Å². The van der Waals surface area contributed by atoms with Gasteiger partial charge in [-0.05, 0) is 55.0 Å². The first-order valence-corrected chi connectivity index (χ1v) is 12.6. The number of imide groups is 1. The number of nitrogens with one attached hydrogen (secondary N) is 3. The van der Waals surface area contributed by atoms with E-state index in [9.17, 15) is 14.4 Å². The van der Waals surface area contributed by atoms with Crippen LogP contribution in [-0.4, -0.2) is 51.8 Å². The standard InChI is InChI=1S/C26H30ClN7O4/c1-3-23(35)31-22-15-21(13-14-29-22)38-20-11-9-19(10-12-20)30-24-33(16-17-5-7-18(27)8-6-17)25(36)32(4-2)26(37)34(24)28/h5-15,22,24,29-30H,3-4,16,28H2,1-2H3,(H,31,35). The van der Waals surface area contributed by atoms with Crippen LogP contribution in [0.4, 0.5) is 15.3 Å². The number of allylic oxidation sites excluding steroid dienone is 1. The highest BCUT2D eigenvalue weighted by Crippen LogP contribution is 2.24. The Kier molecular flexibility index (Phi) is 8.39. The Morgan fingerprint density at radius 3 is 2.45 bits per heavy atom. The van der Waals surface area contributed by atoms with Crippen LogP contribution in [0.1, 0.15) is 25.8 Å². The van der Waals surface area contributed by atoms with E-state index in [1.54, 1.807) is 68.6 Å². The molecule has 2 aromatic carbocycles. The topological polar surface area (TPSA) is 132 Å². The molecule has 0 aliphatic carbocycles. The molecule has 200 valence electrons. The minimum atomic E-state index is -0.932. The average molecular weight is 540 g/mol. The van der Waals surface area contributed by atoms with Gasteiger partial charge in [0.2, 0.25) is 12.2 Å². The second-order valence-electron chi connectivity index (χ2n) is 8.58. The van der Waals surface area contributed by atoms with Crippen LogP contribution in [0.15, 0.2) is 72.6 Å². The molecule has 5 amide bonds. The number of hydrogen-bond acceptors (Lipinski definition) is 7. The summed E-state index contributed by atoms with van der Waals surface area (Å²) in [6.07, 6.45) is 4.30. The van der Waals surface area contributed by atoms with Crippen molar-refractivity contribution in [3.8, 4) is 5.75 Å². The lowest BCUT2D eigenvalue weighted by Gasteiger charge is -2.45. The molecular formula is C26H30ClN7O4. The summed E-state index contributed by atoms with van der Waals surface area (Å²) in [7, 11) is 0. The highest BCUT2D eigenvalue weighted by Gasteiger charge is 2.42. The van der Waals surface area contributed by atoms with Crippen molar-refractivity contribution in [2.24, 2.45) is 5.84 Å². The minimum Gasteiger partial charge on any atom is -0.458 e. The Bertz CT molecular complexity index is 1230. The summed E-state index contributed by atoms with van der Waals surface area (Å²) in [5.41, 5.74) is 1.45. The predicted molar refractivity (Wildman–Crippen MR) is 143 cm³/mol. The van der Waals surface area contributed by atoms with Crippen molar-refractivity contribution in [2.75, 3.05) is 11.9 Å². The van der Waals surface area contributed by atoms with Gasteiger partial charge in [-0.25, -0.2) is 25.3 Å². The van der Waals surface area contributed by atoms with E-state index in [4.69, 9.17) is 22.2 Å². The smallest absolute Gasteiger partial charge is 0.345 e. The number of amides is 5.